The average molecular weight is 491 g/mol. The normalized spacial score (nSPS) is 19.9. The zero-order valence-electron chi connectivity index (χ0n) is 18.8. The van der Waals surface area contributed by atoms with Crippen LogP contribution in [0.1, 0.15) is 42.9 Å². The van der Waals surface area contributed by atoms with Gasteiger partial charge >= 0.3 is 0 Å². The van der Waals surface area contributed by atoms with Gasteiger partial charge in [0.15, 0.2) is 5.82 Å². The molecule has 0 spiro atoms. The number of nitrogens with zero attached hydrogens (tertiary/aromatic N) is 4. The molecule has 1 aliphatic carbocycles. The van der Waals surface area contributed by atoms with Crippen LogP contribution in [0.3, 0.4) is 0 Å². The number of methoxy groups -OCH3 is 1. The van der Waals surface area contributed by atoms with E-state index in [4.69, 9.17) is 4.74 Å². The predicted octanol–water partition coefficient (Wildman–Crippen LogP) is 4.19. The second kappa shape index (κ2) is 11.8. The molecule has 1 aliphatic heterocycles. The third-order valence-corrected chi connectivity index (χ3v) is 6.37. The van der Waals surface area contributed by atoms with Crippen LogP contribution in [0.2, 0.25) is 0 Å². The fourth-order valence-electron chi connectivity index (χ4n) is 4.50. The van der Waals surface area contributed by atoms with Crippen molar-refractivity contribution >= 4 is 24.8 Å². The summed E-state index contributed by atoms with van der Waals surface area (Å²) in [6.07, 6.45) is 4.87. The highest BCUT2D eigenvalue weighted by atomic mass is 35.5. The molecule has 33 heavy (non-hydrogen) atoms. The molecule has 7 nitrogen and oxygen atoms in total. The molecule has 2 fully saturated rings. The van der Waals surface area contributed by atoms with Gasteiger partial charge in [0, 0.05) is 36.3 Å². The molecule has 2 aromatic carbocycles. The van der Waals surface area contributed by atoms with Crippen LogP contribution in [0.4, 0.5) is 0 Å². The van der Waals surface area contributed by atoms with Crippen LogP contribution in [0, 0.1) is 5.92 Å². The topological polar surface area (TPSA) is 76.9 Å². The molecule has 5 rings (SSSR count). The minimum atomic E-state index is 0. The molecule has 2 heterocycles. The van der Waals surface area contributed by atoms with Gasteiger partial charge in [-0.1, -0.05) is 30.3 Å². The first kappa shape index (κ1) is 25.4. The molecule has 1 saturated heterocycles. The van der Waals surface area contributed by atoms with Gasteiger partial charge in [-0.3, -0.25) is 0 Å². The van der Waals surface area contributed by atoms with Crippen molar-refractivity contribution in [1.82, 2.24) is 30.8 Å². The number of hydrogen-bond acceptors (Lipinski definition) is 6. The number of hydrogen-bond donors (Lipinski definition) is 2. The first-order valence-corrected chi connectivity index (χ1v) is 11.3. The minimum absolute atomic E-state index is 0. The van der Waals surface area contributed by atoms with Crippen molar-refractivity contribution in [2.75, 3.05) is 13.7 Å². The third kappa shape index (κ3) is 6.03. The number of halogens is 2. The Labute approximate surface area is 207 Å². The maximum atomic E-state index is 5.66. The zero-order chi connectivity index (χ0) is 21.0. The van der Waals surface area contributed by atoms with Crippen LogP contribution < -0.4 is 15.4 Å². The van der Waals surface area contributed by atoms with Crippen molar-refractivity contribution in [3.8, 4) is 17.1 Å². The molecule has 2 atom stereocenters. The van der Waals surface area contributed by atoms with E-state index < -0.39 is 0 Å². The standard InChI is InChI=1S/C24H30N6O.2ClH/c1-31-22-12-11-19(24-27-28-29-30(24)16-17-9-10-17)14-20(22)15-26-21-8-5-13-25-23(21)18-6-3-2-4-7-18;;/h2-4,6-7,11-12,14,17,21,23,25-26H,5,8-10,13,15-16H2,1H3;2*1H/t21-,23-;;/m0../s1. The Kier molecular flexibility index (Phi) is 9.09. The largest absolute Gasteiger partial charge is 0.496 e. The molecule has 178 valence electrons. The third-order valence-electron chi connectivity index (χ3n) is 6.37. The lowest BCUT2D eigenvalue weighted by Crippen LogP contribution is -2.45. The summed E-state index contributed by atoms with van der Waals surface area (Å²) in [5, 5.41) is 19.9. The molecule has 0 unspecified atom stereocenters. The second-order valence-corrected chi connectivity index (χ2v) is 8.63. The first-order valence-electron chi connectivity index (χ1n) is 11.3. The molecular formula is C24H32Cl2N6O. The number of piperidine rings is 1. The molecule has 2 aliphatic rings. The molecule has 0 amide bonds. The molecule has 2 N–H and O–H groups in total. The lowest BCUT2D eigenvalue weighted by Gasteiger charge is -2.34. The summed E-state index contributed by atoms with van der Waals surface area (Å²) in [6, 6.07) is 17.6. The summed E-state index contributed by atoms with van der Waals surface area (Å²) in [7, 11) is 1.73. The highest BCUT2D eigenvalue weighted by molar-refractivity contribution is 5.85. The van der Waals surface area contributed by atoms with Crippen molar-refractivity contribution in [1.29, 1.82) is 0 Å². The Morgan fingerprint density at radius 2 is 1.91 bits per heavy atom. The van der Waals surface area contributed by atoms with E-state index in [1.54, 1.807) is 7.11 Å². The van der Waals surface area contributed by atoms with Crippen LogP contribution in [0.15, 0.2) is 48.5 Å². The van der Waals surface area contributed by atoms with E-state index in [1.165, 1.54) is 24.8 Å². The summed E-state index contributed by atoms with van der Waals surface area (Å²) in [6.45, 7) is 2.69. The fourth-order valence-corrected chi connectivity index (χ4v) is 4.50. The van der Waals surface area contributed by atoms with Gasteiger partial charge in [-0.15, -0.1) is 29.9 Å². The lowest BCUT2D eigenvalue weighted by molar-refractivity contribution is 0.303. The molecule has 9 heteroatoms. The van der Waals surface area contributed by atoms with E-state index in [2.05, 4.69) is 62.6 Å². The summed E-state index contributed by atoms with van der Waals surface area (Å²) in [5.74, 6) is 2.44. The summed E-state index contributed by atoms with van der Waals surface area (Å²) in [4.78, 5) is 0. The van der Waals surface area contributed by atoms with Gasteiger partial charge in [0.2, 0.25) is 0 Å². The Balaban J connectivity index is 0.00000153. The number of rotatable bonds is 8. The van der Waals surface area contributed by atoms with E-state index in [1.807, 2.05) is 16.8 Å². The van der Waals surface area contributed by atoms with E-state index in [-0.39, 0.29) is 24.8 Å². The number of nitrogens with one attached hydrogen (secondary N) is 2. The Morgan fingerprint density at radius 3 is 2.67 bits per heavy atom. The predicted molar refractivity (Wildman–Crippen MR) is 134 cm³/mol. The van der Waals surface area contributed by atoms with Crippen LogP contribution in [-0.2, 0) is 13.1 Å². The SMILES string of the molecule is COc1ccc(-c2nnnn2CC2CC2)cc1CN[C@H]1CCCN[C@H]1c1ccccc1.Cl.Cl. The number of benzene rings is 2. The van der Waals surface area contributed by atoms with Crippen molar-refractivity contribution in [3.05, 3.63) is 59.7 Å². The molecule has 0 bridgehead atoms. The molecule has 3 aromatic rings. The Bertz CT molecular complexity index is 1010. The fraction of sp³-hybridized carbons (Fsp3) is 0.458. The monoisotopic (exact) mass is 490 g/mol. The average Bonchev–Trinajstić information content (AvgIpc) is 3.53. The van der Waals surface area contributed by atoms with Crippen LogP contribution >= 0.6 is 24.8 Å². The van der Waals surface area contributed by atoms with Crippen molar-refractivity contribution in [3.63, 3.8) is 0 Å². The minimum Gasteiger partial charge on any atom is -0.496 e. The lowest BCUT2D eigenvalue weighted by atomic mass is 9.92. The van der Waals surface area contributed by atoms with E-state index in [0.29, 0.717) is 12.1 Å². The number of aromatic nitrogens is 4. The van der Waals surface area contributed by atoms with E-state index >= 15 is 0 Å². The smallest absolute Gasteiger partial charge is 0.182 e. The summed E-state index contributed by atoms with van der Waals surface area (Å²) >= 11 is 0. The Hall–Kier alpha value is -2.19. The highest BCUT2D eigenvalue weighted by Gasteiger charge is 2.26. The molecule has 0 radical (unpaired) electrons. The van der Waals surface area contributed by atoms with Gasteiger partial charge in [0.25, 0.3) is 0 Å². The van der Waals surface area contributed by atoms with Crippen molar-refractivity contribution < 1.29 is 4.74 Å². The van der Waals surface area contributed by atoms with Gasteiger partial charge in [-0.25, -0.2) is 4.68 Å². The van der Waals surface area contributed by atoms with E-state index in [0.717, 1.165) is 54.7 Å². The van der Waals surface area contributed by atoms with Crippen LogP contribution in [-0.4, -0.2) is 39.9 Å². The quantitative estimate of drug-likeness (QED) is 0.492. The van der Waals surface area contributed by atoms with E-state index in [9.17, 15) is 0 Å². The van der Waals surface area contributed by atoms with Gasteiger partial charge in [-0.05, 0) is 72.3 Å². The highest BCUT2D eigenvalue weighted by Crippen LogP contribution is 2.32. The molecular weight excluding hydrogens is 459 g/mol. The second-order valence-electron chi connectivity index (χ2n) is 8.63. The Morgan fingerprint density at radius 1 is 1.09 bits per heavy atom. The van der Waals surface area contributed by atoms with Gasteiger partial charge in [0.05, 0.1) is 7.11 Å². The number of ether oxygens (including phenoxy) is 1. The van der Waals surface area contributed by atoms with Gasteiger partial charge in [0.1, 0.15) is 5.75 Å². The maximum absolute atomic E-state index is 5.66. The molecule has 1 aromatic heterocycles. The maximum Gasteiger partial charge on any atom is 0.182 e. The summed E-state index contributed by atoms with van der Waals surface area (Å²) < 4.78 is 7.60. The zero-order valence-corrected chi connectivity index (χ0v) is 20.4. The first-order chi connectivity index (χ1) is 15.3. The molecule has 1 saturated carbocycles. The van der Waals surface area contributed by atoms with Crippen LogP contribution in [0.5, 0.6) is 5.75 Å². The van der Waals surface area contributed by atoms with Gasteiger partial charge in [-0.2, -0.15) is 0 Å². The van der Waals surface area contributed by atoms with Crippen molar-refractivity contribution in [2.45, 2.75) is 50.9 Å². The summed E-state index contributed by atoms with van der Waals surface area (Å²) in [5.41, 5.74) is 3.49. The van der Waals surface area contributed by atoms with Crippen molar-refractivity contribution in [2.24, 2.45) is 5.92 Å². The van der Waals surface area contributed by atoms with Crippen LogP contribution in [0.25, 0.3) is 11.4 Å². The van der Waals surface area contributed by atoms with Gasteiger partial charge < -0.3 is 15.4 Å². The number of tetrazole rings is 1.